The SMILES string of the molecule is Oc1c(F)cc(CCN2C[C@@H]3CC(O)(Cc4ccccc4)C[C@@H]3C2)cc1F. The third-order valence-corrected chi connectivity index (χ3v) is 6.11. The molecule has 0 bridgehead atoms. The lowest BCUT2D eigenvalue weighted by Gasteiger charge is -2.26. The predicted octanol–water partition coefficient (Wildman–Crippen LogP) is 3.53. The molecule has 1 aliphatic carbocycles. The summed E-state index contributed by atoms with van der Waals surface area (Å²) in [4.78, 5) is 2.32. The van der Waals surface area contributed by atoms with Crippen molar-refractivity contribution in [3.8, 4) is 5.75 Å². The summed E-state index contributed by atoms with van der Waals surface area (Å²) < 4.78 is 26.9. The van der Waals surface area contributed by atoms with E-state index < -0.39 is 23.0 Å². The fourth-order valence-electron chi connectivity index (χ4n) is 4.91. The molecule has 2 aliphatic rings. The van der Waals surface area contributed by atoms with Crippen LogP contribution >= 0.6 is 0 Å². The maximum atomic E-state index is 13.5. The van der Waals surface area contributed by atoms with Gasteiger partial charge in [-0.2, -0.15) is 0 Å². The number of aromatic hydroxyl groups is 1. The van der Waals surface area contributed by atoms with E-state index in [1.807, 2.05) is 18.2 Å². The number of nitrogens with zero attached hydrogens (tertiary/aromatic N) is 1. The first-order chi connectivity index (χ1) is 12.9. The number of benzene rings is 2. The molecule has 0 spiro atoms. The molecule has 3 atom stereocenters. The molecular weight excluding hydrogens is 348 g/mol. The van der Waals surface area contributed by atoms with Crippen LogP contribution in [-0.2, 0) is 12.8 Å². The van der Waals surface area contributed by atoms with Crippen molar-refractivity contribution in [1.82, 2.24) is 4.90 Å². The summed E-state index contributed by atoms with van der Waals surface area (Å²) in [5, 5.41) is 20.2. The van der Waals surface area contributed by atoms with E-state index in [4.69, 9.17) is 0 Å². The second-order valence-electron chi connectivity index (χ2n) is 8.23. The molecule has 0 radical (unpaired) electrons. The highest BCUT2D eigenvalue weighted by molar-refractivity contribution is 5.30. The highest BCUT2D eigenvalue weighted by Crippen LogP contribution is 2.45. The molecule has 2 N–H and O–H groups in total. The van der Waals surface area contributed by atoms with Crippen LogP contribution in [0.3, 0.4) is 0 Å². The molecule has 5 heteroatoms. The third kappa shape index (κ3) is 3.99. The minimum absolute atomic E-state index is 0.479. The summed E-state index contributed by atoms with van der Waals surface area (Å²) in [7, 11) is 0. The zero-order valence-electron chi connectivity index (χ0n) is 15.2. The molecule has 2 aromatic carbocycles. The van der Waals surface area contributed by atoms with Crippen molar-refractivity contribution in [1.29, 1.82) is 0 Å². The van der Waals surface area contributed by atoms with Gasteiger partial charge in [0.15, 0.2) is 17.4 Å². The van der Waals surface area contributed by atoms with E-state index in [1.54, 1.807) is 0 Å². The van der Waals surface area contributed by atoms with Gasteiger partial charge in [0.2, 0.25) is 0 Å². The zero-order chi connectivity index (χ0) is 19.0. The van der Waals surface area contributed by atoms with E-state index in [0.29, 0.717) is 30.2 Å². The topological polar surface area (TPSA) is 43.7 Å². The normalized spacial score (nSPS) is 27.8. The summed E-state index contributed by atoms with van der Waals surface area (Å²) in [6, 6.07) is 12.5. The van der Waals surface area contributed by atoms with Crippen LogP contribution in [0, 0.1) is 23.5 Å². The van der Waals surface area contributed by atoms with E-state index in [2.05, 4.69) is 17.0 Å². The molecule has 27 heavy (non-hydrogen) atoms. The molecular formula is C22H25F2NO2. The molecule has 0 aromatic heterocycles. The van der Waals surface area contributed by atoms with Crippen molar-refractivity contribution in [2.75, 3.05) is 19.6 Å². The summed E-state index contributed by atoms with van der Waals surface area (Å²) in [5.41, 5.74) is 1.11. The Kier molecular flexibility index (Phi) is 4.91. The van der Waals surface area contributed by atoms with E-state index >= 15 is 0 Å². The van der Waals surface area contributed by atoms with Crippen molar-refractivity contribution in [3.05, 3.63) is 65.2 Å². The van der Waals surface area contributed by atoms with Gasteiger partial charge in [-0.1, -0.05) is 30.3 Å². The van der Waals surface area contributed by atoms with Crippen LogP contribution in [-0.4, -0.2) is 40.3 Å². The molecule has 4 rings (SSSR count). The van der Waals surface area contributed by atoms with E-state index in [1.165, 1.54) is 17.7 Å². The van der Waals surface area contributed by atoms with Gasteiger partial charge in [0.25, 0.3) is 0 Å². The second-order valence-corrected chi connectivity index (χ2v) is 8.23. The highest BCUT2D eigenvalue weighted by atomic mass is 19.1. The fourth-order valence-corrected chi connectivity index (χ4v) is 4.91. The molecule has 1 heterocycles. The van der Waals surface area contributed by atoms with Gasteiger partial charge in [0.1, 0.15) is 0 Å². The van der Waals surface area contributed by atoms with Crippen LogP contribution in [0.15, 0.2) is 42.5 Å². The molecule has 0 amide bonds. The molecule has 3 nitrogen and oxygen atoms in total. The van der Waals surface area contributed by atoms with E-state index in [9.17, 15) is 19.0 Å². The number of rotatable bonds is 5. The zero-order valence-corrected chi connectivity index (χ0v) is 15.2. The molecule has 144 valence electrons. The number of aliphatic hydroxyl groups is 1. The Bertz CT molecular complexity index is 774. The first kappa shape index (κ1) is 18.4. The number of phenols is 1. The number of hydrogen-bond donors (Lipinski definition) is 2. The van der Waals surface area contributed by atoms with E-state index in [0.717, 1.165) is 32.5 Å². The lowest BCUT2D eigenvalue weighted by atomic mass is 9.91. The average molecular weight is 373 g/mol. The lowest BCUT2D eigenvalue weighted by Crippen LogP contribution is -2.32. The van der Waals surface area contributed by atoms with Crippen LogP contribution in [0.25, 0.3) is 0 Å². The van der Waals surface area contributed by atoms with Gasteiger partial charge in [0, 0.05) is 26.1 Å². The molecule has 2 fully saturated rings. The van der Waals surface area contributed by atoms with Crippen molar-refractivity contribution in [2.24, 2.45) is 11.8 Å². The minimum Gasteiger partial charge on any atom is -0.503 e. The number of hydrogen-bond acceptors (Lipinski definition) is 3. The average Bonchev–Trinajstić information content (AvgIpc) is 3.12. The monoisotopic (exact) mass is 373 g/mol. The number of halogens is 2. The lowest BCUT2D eigenvalue weighted by molar-refractivity contribution is 0.0355. The van der Waals surface area contributed by atoms with Gasteiger partial charge >= 0.3 is 0 Å². The Morgan fingerprint density at radius 3 is 2.15 bits per heavy atom. The Balaban J connectivity index is 1.31. The number of likely N-dealkylation sites (tertiary alicyclic amines) is 1. The van der Waals surface area contributed by atoms with Crippen molar-refractivity contribution < 1.29 is 19.0 Å². The quantitative estimate of drug-likeness (QED) is 0.843. The maximum Gasteiger partial charge on any atom is 0.187 e. The summed E-state index contributed by atoms with van der Waals surface area (Å²) in [6.07, 6.45) is 2.87. The third-order valence-electron chi connectivity index (χ3n) is 6.11. The number of phenolic OH excluding ortho intramolecular Hbond substituents is 1. The molecule has 2 aromatic rings. The summed E-state index contributed by atoms with van der Waals surface area (Å²) >= 11 is 0. The first-order valence-corrected chi connectivity index (χ1v) is 9.57. The molecule has 1 aliphatic heterocycles. The van der Waals surface area contributed by atoms with Crippen LogP contribution in [0.4, 0.5) is 8.78 Å². The van der Waals surface area contributed by atoms with E-state index in [-0.39, 0.29) is 0 Å². The minimum atomic E-state index is -0.910. The molecule has 1 unspecified atom stereocenters. The fraction of sp³-hybridized carbons (Fsp3) is 0.455. The van der Waals surface area contributed by atoms with Crippen molar-refractivity contribution in [3.63, 3.8) is 0 Å². The summed E-state index contributed by atoms with van der Waals surface area (Å²) in [6.45, 7) is 2.57. The van der Waals surface area contributed by atoms with Crippen molar-refractivity contribution in [2.45, 2.75) is 31.3 Å². The van der Waals surface area contributed by atoms with Crippen LogP contribution < -0.4 is 0 Å². The summed E-state index contributed by atoms with van der Waals surface area (Å²) in [5.74, 6) is -1.77. The van der Waals surface area contributed by atoms with Crippen molar-refractivity contribution >= 4 is 0 Å². The molecule has 1 saturated heterocycles. The van der Waals surface area contributed by atoms with Gasteiger partial charge in [-0.15, -0.1) is 0 Å². The van der Waals surface area contributed by atoms with Crippen LogP contribution in [0.5, 0.6) is 5.75 Å². The molecule has 1 saturated carbocycles. The van der Waals surface area contributed by atoms with Crippen LogP contribution in [0.2, 0.25) is 0 Å². The smallest absolute Gasteiger partial charge is 0.187 e. The van der Waals surface area contributed by atoms with Gasteiger partial charge < -0.3 is 15.1 Å². The van der Waals surface area contributed by atoms with Gasteiger partial charge in [0.05, 0.1) is 5.60 Å². The van der Waals surface area contributed by atoms with Crippen LogP contribution in [0.1, 0.15) is 24.0 Å². The number of fused-ring (bicyclic) bond motifs is 1. The maximum absolute atomic E-state index is 13.5. The van der Waals surface area contributed by atoms with Gasteiger partial charge in [-0.3, -0.25) is 0 Å². The highest BCUT2D eigenvalue weighted by Gasteiger charge is 2.47. The van der Waals surface area contributed by atoms with Gasteiger partial charge in [-0.25, -0.2) is 8.78 Å². The largest absolute Gasteiger partial charge is 0.503 e. The Morgan fingerprint density at radius 2 is 1.56 bits per heavy atom. The Hall–Kier alpha value is -1.98. The second kappa shape index (κ2) is 7.21. The Labute approximate surface area is 158 Å². The Morgan fingerprint density at radius 1 is 0.963 bits per heavy atom. The first-order valence-electron chi connectivity index (χ1n) is 9.57. The predicted molar refractivity (Wildman–Crippen MR) is 99.5 cm³/mol. The standard InChI is InChI=1S/C22H25F2NO2/c23-19-8-16(9-20(24)21(19)26)6-7-25-13-17-11-22(27,12-18(17)14-25)10-15-4-2-1-3-5-15/h1-5,8-9,17-18,26-27H,6-7,10-14H2/t17-,18+,22?. The van der Waals surface area contributed by atoms with Gasteiger partial charge in [-0.05, 0) is 54.4 Å².